The minimum absolute atomic E-state index is 0.00381. The summed E-state index contributed by atoms with van der Waals surface area (Å²) in [5.74, 6) is 0.0570. The van der Waals surface area contributed by atoms with E-state index < -0.39 is 0 Å². The third kappa shape index (κ3) is 6.19. The average Bonchev–Trinajstić information content (AvgIpc) is 2.64. The second-order valence-corrected chi connectivity index (χ2v) is 6.61. The molecule has 0 aliphatic rings. The molecule has 1 aromatic heterocycles. The molecule has 5 heteroatoms. The molecule has 1 amide bonds. The maximum absolute atomic E-state index is 11.5. The van der Waals surface area contributed by atoms with Crippen LogP contribution in [0.3, 0.4) is 0 Å². The monoisotopic (exact) mass is 318 g/mol. The van der Waals surface area contributed by atoms with Crippen LogP contribution in [0.2, 0.25) is 0 Å². The van der Waals surface area contributed by atoms with Gasteiger partial charge in [0, 0.05) is 23.9 Å². The summed E-state index contributed by atoms with van der Waals surface area (Å²) in [6.45, 7) is 2.76. The molecule has 0 aliphatic carbocycles. The quantitative estimate of drug-likeness (QED) is 0.812. The highest BCUT2D eigenvalue weighted by atomic mass is 79.9. The van der Waals surface area contributed by atoms with Crippen molar-refractivity contribution in [1.82, 2.24) is 5.32 Å². The van der Waals surface area contributed by atoms with Gasteiger partial charge in [-0.3, -0.25) is 4.79 Å². The topological polar surface area (TPSA) is 55.1 Å². The summed E-state index contributed by atoms with van der Waals surface area (Å²) in [4.78, 5) is 12.8. The molecule has 1 heterocycles. The number of hydrogen-bond donors (Lipinski definition) is 2. The van der Waals surface area contributed by atoms with Gasteiger partial charge in [-0.05, 0) is 40.9 Å². The third-order valence-electron chi connectivity index (χ3n) is 2.43. The van der Waals surface area contributed by atoms with Crippen LogP contribution in [-0.4, -0.2) is 18.5 Å². The molecular formula is C12H19BrN2OS. The van der Waals surface area contributed by atoms with Crippen molar-refractivity contribution in [3.05, 3.63) is 20.8 Å². The van der Waals surface area contributed by atoms with Crippen molar-refractivity contribution < 1.29 is 4.79 Å². The summed E-state index contributed by atoms with van der Waals surface area (Å²) < 4.78 is 1.13. The number of thiophene rings is 1. The van der Waals surface area contributed by atoms with Crippen molar-refractivity contribution in [3.63, 3.8) is 0 Å². The van der Waals surface area contributed by atoms with Crippen LogP contribution in [-0.2, 0) is 11.2 Å². The average molecular weight is 319 g/mol. The third-order valence-corrected chi connectivity index (χ3v) is 4.11. The number of rotatable bonds is 7. The second-order valence-electron chi connectivity index (χ2n) is 4.06. The molecule has 0 saturated heterocycles. The fourth-order valence-electron chi connectivity index (χ4n) is 1.59. The van der Waals surface area contributed by atoms with Crippen molar-refractivity contribution in [2.45, 2.75) is 38.6 Å². The molecule has 0 spiro atoms. The zero-order valence-electron chi connectivity index (χ0n) is 10.0. The van der Waals surface area contributed by atoms with E-state index in [1.807, 2.05) is 6.07 Å². The van der Waals surface area contributed by atoms with Gasteiger partial charge in [-0.25, -0.2) is 0 Å². The molecular weight excluding hydrogens is 300 g/mol. The summed E-state index contributed by atoms with van der Waals surface area (Å²) in [7, 11) is 0. The molecule has 1 atom stereocenters. The van der Waals surface area contributed by atoms with E-state index in [0.717, 1.165) is 23.0 Å². The van der Waals surface area contributed by atoms with Gasteiger partial charge in [0.15, 0.2) is 0 Å². The molecule has 1 rings (SSSR count). The van der Waals surface area contributed by atoms with E-state index in [2.05, 4.69) is 34.2 Å². The van der Waals surface area contributed by atoms with Gasteiger partial charge in [-0.15, -0.1) is 11.3 Å². The number of halogens is 1. The van der Waals surface area contributed by atoms with E-state index in [-0.39, 0.29) is 11.9 Å². The fourth-order valence-corrected chi connectivity index (χ4v) is 3.08. The van der Waals surface area contributed by atoms with Crippen LogP contribution in [0.4, 0.5) is 0 Å². The first-order valence-electron chi connectivity index (χ1n) is 5.88. The van der Waals surface area contributed by atoms with Crippen LogP contribution >= 0.6 is 27.3 Å². The maximum Gasteiger partial charge on any atom is 0.221 e. The summed E-state index contributed by atoms with van der Waals surface area (Å²) in [5, 5.41) is 2.90. The normalized spacial score (nSPS) is 12.4. The van der Waals surface area contributed by atoms with Crippen LogP contribution < -0.4 is 11.1 Å². The minimum Gasteiger partial charge on any atom is -0.356 e. The number of nitrogens with two attached hydrogens (primary N) is 1. The molecule has 3 nitrogen and oxygen atoms in total. The lowest BCUT2D eigenvalue weighted by molar-refractivity contribution is -0.121. The Hall–Kier alpha value is -0.390. The highest BCUT2D eigenvalue weighted by molar-refractivity contribution is 9.11. The zero-order valence-corrected chi connectivity index (χ0v) is 12.4. The first kappa shape index (κ1) is 14.7. The van der Waals surface area contributed by atoms with Crippen LogP contribution in [0.25, 0.3) is 0 Å². The van der Waals surface area contributed by atoms with Gasteiger partial charge in [-0.1, -0.05) is 13.3 Å². The van der Waals surface area contributed by atoms with Gasteiger partial charge in [0.05, 0.1) is 3.79 Å². The fraction of sp³-hybridized carbons (Fsp3) is 0.583. The Labute approximate surface area is 115 Å². The molecule has 96 valence electrons. The van der Waals surface area contributed by atoms with Crippen LogP contribution in [0.15, 0.2) is 15.9 Å². The van der Waals surface area contributed by atoms with Crippen LogP contribution in [0.1, 0.15) is 31.1 Å². The van der Waals surface area contributed by atoms with Gasteiger partial charge in [0.2, 0.25) is 5.91 Å². The lowest BCUT2D eigenvalue weighted by Crippen LogP contribution is -2.32. The zero-order chi connectivity index (χ0) is 12.7. The predicted molar refractivity (Wildman–Crippen MR) is 76.2 cm³/mol. The number of carbonyl (C=O) groups is 1. The molecule has 0 aliphatic heterocycles. The molecule has 0 radical (unpaired) electrons. The lowest BCUT2D eigenvalue weighted by Gasteiger charge is -2.10. The second kappa shape index (κ2) is 7.84. The smallest absolute Gasteiger partial charge is 0.221 e. The number of carbonyl (C=O) groups excluding carboxylic acids is 1. The van der Waals surface area contributed by atoms with Crippen molar-refractivity contribution in [2.24, 2.45) is 5.73 Å². The van der Waals surface area contributed by atoms with Gasteiger partial charge >= 0.3 is 0 Å². The highest BCUT2D eigenvalue weighted by Gasteiger charge is 2.08. The Morgan fingerprint density at radius 3 is 2.94 bits per heavy atom. The molecule has 0 fully saturated rings. The summed E-state index contributed by atoms with van der Waals surface area (Å²) in [5.41, 5.74) is 5.81. The largest absolute Gasteiger partial charge is 0.356 e. The van der Waals surface area contributed by atoms with Gasteiger partial charge in [0.1, 0.15) is 0 Å². The number of nitrogens with one attached hydrogen (secondary N) is 1. The van der Waals surface area contributed by atoms with E-state index in [9.17, 15) is 4.79 Å². The van der Waals surface area contributed by atoms with Crippen molar-refractivity contribution >= 4 is 33.2 Å². The number of hydrogen-bond acceptors (Lipinski definition) is 3. The molecule has 1 aromatic rings. The first-order valence-corrected chi connectivity index (χ1v) is 7.49. The van der Waals surface area contributed by atoms with Crippen molar-refractivity contribution in [1.29, 1.82) is 0 Å². The molecule has 0 saturated carbocycles. The predicted octanol–water partition coefficient (Wildman–Crippen LogP) is 2.69. The Balaban J connectivity index is 2.16. The summed E-state index contributed by atoms with van der Waals surface area (Å²) >= 11 is 5.12. The first-order chi connectivity index (χ1) is 8.11. The standard InChI is InChI=1S/C12H19BrN2OS/c1-2-3-9(14)8-12(16)15-7-6-10-4-5-11(13)17-10/h4-5,9H,2-3,6-8,14H2,1H3,(H,15,16). The van der Waals surface area contributed by atoms with E-state index in [0.29, 0.717) is 13.0 Å². The summed E-state index contributed by atoms with van der Waals surface area (Å²) in [6.07, 6.45) is 3.25. The molecule has 17 heavy (non-hydrogen) atoms. The molecule has 3 N–H and O–H groups in total. The van der Waals surface area contributed by atoms with Crippen molar-refractivity contribution in [2.75, 3.05) is 6.54 Å². The molecule has 1 unspecified atom stereocenters. The Kier molecular flexibility index (Phi) is 6.77. The SMILES string of the molecule is CCCC(N)CC(=O)NCCc1ccc(Br)s1. The Morgan fingerprint density at radius 2 is 2.35 bits per heavy atom. The number of amides is 1. The van der Waals surface area contributed by atoms with Crippen LogP contribution in [0.5, 0.6) is 0 Å². The Morgan fingerprint density at radius 1 is 1.59 bits per heavy atom. The highest BCUT2D eigenvalue weighted by Crippen LogP contribution is 2.21. The maximum atomic E-state index is 11.5. The minimum atomic E-state index is -0.00381. The molecule has 0 aromatic carbocycles. The molecule has 0 bridgehead atoms. The van der Waals surface area contributed by atoms with Crippen LogP contribution in [0, 0.1) is 0 Å². The Bertz CT molecular complexity index is 354. The lowest BCUT2D eigenvalue weighted by atomic mass is 10.1. The van der Waals surface area contributed by atoms with Crippen molar-refractivity contribution in [3.8, 4) is 0 Å². The van der Waals surface area contributed by atoms with E-state index in [1.54, 1.807) is 11.3 Å². The van der Waals surface area contributed by atoms with Gasteiger partial charge < -0.3 is 11.1 Å². The van der Waals surface area contributed by atoms with E-state index >= 15 is 0 Å². The van der Waals surface area contributed by atoms with E-state index in [1.165, 1.54) is 4.88 Å². The van der Waals surface area contributed by atoms with E-state index in [4.69, 9.17) is 5.73 Å². The van der Waals surface area contributed by atoms with Gasteiger partial charge in [-0.2, -0.15) is 0 Å². The van der Waals surface area contributed by atoms with Gasteiger partial charge in [0.25, 0.3) is 0 Å². The summed E-state index contributed by atoms with van der Waals surface area (Å²) in [6, 6.07) is 4.10.